The van der Waals surface area contributed by atoms with Gasteiger partial charge >= 0.3 is 6.03 Å². The quantitative estimate of drug-likeness (QED) is 0.644. The highest BCUT2D eigenvalue weighted by Crippen LogP contribution is 2.24. The molecule has 0 spiro atoms. The molecule has 2 atom stereocenters. The fraction of sp³-hybridized carbons (Fsp3) is 0.500. The van der Waals surface area contributed by atoms with Crippen molar-refractivity contribution in [3.05, 3.63) is 42.0 Å². The predicted molar refractivity (Wildman–Crippen MR) is 111 cm³/mol. The van der Waals surface area contributed by atoms with E-state index in [2.05, 4.69) is 20.9 Å². The fourth-order valence-corrected chi connectivity index (χ4v) is 3.65. The van der Waals surface area contributed by atoms with Gasteiger partial charge in [-0.2, -0.15) is 0 Å². The molecule has 1 aliphatic carbocycles. The molecule has 0 radical (unpaired) electrons. The van der Waals surface area contributed by atoms with E-state index >= 15 is 0 Å². The molecule has 162 valence electrons. The van der Waals surface area contributed by atoms with Gasteiger partial charge in [0.15, 0.2) is 0 Å². The number of nitrogens with one attached hydrogen (secondary N) is 3. The third-order valence-corrected chi connectivity index (χ3v) is 5.12. The summed E-state index contributed by atoms with van der Waals surface area (Å²) in [5, 5.41) is 8.75. The highest BCUT2D eigenvalue weighted by Gasteiger charge is 2.28. The van der Waals surface area contributed by atoms with Crippen molar-refractivity contribution in [3.63, 3.8) is 0 Å². The van der Waals surface area contributed by atoms with Crippen LogP contribution in [0.15, 0.2) is 34.9 Å². The van der Waals surface area contributed by atoms with Gasteiger partial charge in [-0.05, 0) is 57.4 Å². The Labute approximate surface area is 175 Å². The minimum atomic E-state index is -0.314. The first-order chi connectivity index (χ1) is 14.4. The molecule has 3 rings (SSSR count). The maximum atomic E-state index is 13.0. The van der Waals surface area contributed by atoms with E-state index in [1.165, 1.54) is 18.4 Å². The van der Waals surface area contributed by atoms with Crippen LogP contribution in [-0.4, -0.2) is 35.6 Å². The summed E-state index contributed by atoms with van der Waals surface area (Å²) in [6.45, 7) is 4.30. The van der Waals surface area contributed by atoms with Crippen LogP contribution in [0.25, 0.3) is 11.5 Å². The number of amides is 3. The average molecular weight is 416 g/mol. The first-order valence-corrected chi connectivity index (χ1v) is 10.5. The number of rotatable bonds is 7. The molecule has 2 aromatic rings. The van der Waals surface area contributed by atoms with Crippen molar-refractivity contribution >= 4 is 11.9 Å². The van der Waals surface area contributed by atoms with Crippen LogP contribution in [0.1, 0.15) is 45.2 Å². The molecule has 1 saturated carbocycles. The normalized spacial score (nSPS) is 18.8. The lowest BCUT2D eigenvalue weighted by Gasteiger charge is -2.29. The Bertz CT molecular complexity index is 850. The summed E-state index contributed by atoms with van der Waals surface area (Å²) in [4.78, 5) is 28.8. The molecule has 3 amide bonds. The molecular formula is C22H29FN4O3. The molecule has 0 saturated heterocycles. The Morgan fingerprint density at radius 1 is 1.23 bits per heavy atom. The molecule has 2 unspecified atom stereocenters. The van der Waals surface area contributed by atoms with Crippen molar-refractivity contribution in [2.75, 3.05) is 6.54 Å². The number of urea groups is 1. The minimum Gasteiger partial charge on any atom is -0.444 e. The van der Waals surface area contributed by atoms with E-state index < -0.39 is 0 Å². The molecule has 1 aliphatic rings. The van der Waals surface area contributed by atoms with E-state index in [1.54, 1.807) is 12.1 Å². The van der Waals surface area contributed by atoms with Gasteiger partial charge in [0.2, 0.25) is 11.8 Å². The van der Waals surface area contributed by atoms with Crippen molar-refractivity contribution in [1.29, 1.82) is 0 Å². The molecule has 8 heteroatoms. The van der Waals surface area contributed by atoms with Gasteiger partial charge in [-0.25, -0.2) is 14.2 Å². The summed E-state index contributed by atoms with van der Waals surface area (Å²) in [7, 11) is 0. The molecule has 30 heavy (non-hydrogen) atoms. The number of halogens is 1. The van der Waals surface area contributed by atoms with Crippen LogP contribution in [0.3, 0.4) is 0 Å². The van der Waals surface area contributed by atoms with Gasteiger partial charge in [0.1, 0.15) is 12.1 Å². The Morgan fingerprint density at radius 3 is 2.73 bits per heavy atom. The van der Waals surface area contributed by atoms with Crippen LogP contribution in [0.2, 0.25) is 0 Å². The minimum absolute atomic E-state index is 0.00112. The summed E-state index contributed by atoms with van der Waals surface area (Å²) < 4.78 is 18.4. The van der Waals surface area contributed by atoms with Gasteiger partial charge in [-0.1, -0.05) is 6.42 Å². The molecule has 1 heterocycles. The predicted octanol–water partition coefficient (Wildman–Crippen LogP) is 3.41. The van der Waals surface area contributed by atoms with E-state index in [9.17, 15) is 14.0 Å². The average Bonchev–Trinajstić information content (AvgIpc) is 3.17. The van der Waals surface area contributed by atoms with E-state index in [4.69, 9.17) is 4.42 Å². The van der Waals surface area contributed by atoms with Gasteiger partial charge in [0.05, 0.1) is 5.69 Å². The number of hydrogen-bond acceptors (Lipinski definition) is 4. The molecule has 1 fully saturated rings. The number of nitrogens with zero attached hydrogens (tertiary/aromatic N) is 1. The van der Waals surface area contributed by atoms with E-state index in [0.717, 1.165) is 19.3 Å². The maximum Gasteiger partial charge on any atom is 0.315 e. The number of hydrogen-bond donors (Lipinski definition) is 3. The van der Waals surface area contributed by atoms with Gasteiger partial charge in [0, 0.05) is 36.5 Å². The van der Waals surface area contributed by atoms with E-state index in [1.807, 2.05) is 13.8 Å². The summed E-state index contributed by atoms with van der Waals surface area (Å²) in [6.07, 6.45) is 5.38. The van der Waals surface area contributed by atoms with E-state index in [0.29, 0.717) is 36.5 Å². The van der Waals surface area contributed by atoms with Gasteiger partial charge in [-0.15, -0.1) is 0 Å². The lowest BCUT2D eigenvalue weighted by molar-refractivity contribution is -0.126. The second-order valence-electron chi connectivity index (χ2n) is 8.02. The molecular weight excluding hydrogens is 387 g/mol. The van der Waals surface area contributed by atoms with Crippen LogP contribution >= 0.6 is 0 Å². The number of benzene rings is 1. The van der Waals surface area contributed by atoms with Crippen molar-refractivity contribution < 1.29 is 18.4 Å². The number of carbonyl (C=O) groups is 2. The molecule has 1 aromatic carbocycles. The lowest BCUT2D eigenvalue weighted by Crippen LogP contribution is -2.47. The van der Waals surface area contributed by atoms with Gasteiger partial charge in [0.25, 0.3) is 0 Å². The van der Waals surface area contributed by atoms with Crippen molar-refractivity contribution in [3.8, 4) is 11.5 Å². The standard InChI is InChI=1S/C22H29FN4O3/c1-14(2)25-20(28)16-4-3-5-18(12-16)27-22(29)24-11-10-19-13-30-21(26-19)15-6-8-17(23)9-7-15/h6-9,13-14,16,18H,3-5,10-12H2,1-2H3,(H,25,28)(H2,24,27,29). The third kappa shape index (κ3) is 6.30. The zero-order valence-electron chi connectivity index (χ0n) is 17.4. The second kappa shape index (κ2) is 10.2. The fourth-order valence-electron chi connectivity index (χ4n) is 3.65. The van der Waals surface area contributed by atoms with Gasteiger partial charge in [-0.3, -0.25) is 4.79 Å². The molecule has 0 bridgehead atoms. The highest BCUT2D eigenvalue weighted by molar-refractivity contribution is 5.79. The monoisotopic (exact) mass is 416 g/mol. The van der Waals surface area contributed by atoms with Crippen molar-refractivity contribution in [2.45, 2.75) is 58.0 Å². The van der Waals surface area contributed by atoms with Crippen LogP contribution < -0.4 is 16.0 Å². The second-order valence-corrected chi connectivity index (χ2v) is 8.02. The van der Waals surface area contributed by atoms with Crippen molar-refractivity contribution in [2.24, 2.45) is 5.92 Å². The summed E-state index contributed by atoms with van der Waals surface area (Å²) >= 11 is 0. The molecule has 1 aromatic heterocycles. The van der Waals surface area contributed by atoms with Crippen LogP contribution in [0.5, 0.6) is 0 Å². The topological polar surface area (TPSA) is 96.3 Å². The molecule has 7 nitrogen and oxygen atoms in total. The van der Waals surface area contributed by atoms with Crippen LogP contribution in [-0.2, 0) is 11.2 Å². The number of carbonyl (C=O) groups excluding carboxylic acids is 2. The Hall–Kier alpha value is -2.90. The Balaban J connectivity index is 1.41. The summed E-state index contributed by atoms with van der Waals surface area (Å²) in [5.74, 6) is 0.124. The van der Waals surface area contributed by atoms with Gasteiger partial charge < -0.3 is 20.4 Å². The smallest absolute Gasteiger partial charge is 0.315 e. The third-order valence-electron chi connectivity index (χ3n) is 5.12. The zero-order chi connectivity index (χ0) is 21.5. The Morgan fingerprint density at radius 2 is 2.00 bits per heavy atom. The first kappa shape index (κ1) is 21.8. The zero-order valence-corrected chi connectivity index (χ0v) is 17.4. The first-order valence-electron chi connectivity index (χ1n) is 10.5. The Kier molecular flexibility index (Phi) is 7.43. The summed E-state index contributed by atoms with van der Waals surface area (Å²) in [5.41, 5.74) is 1.40. The number of aromatic nitrogens is 1. The SMILES string of the molecule is CC(C)NC(=O)C1CCCC(NC(=O)NCCc2coc(-c3ccc(F)cc3)n2)C1. The van der Waals surface area contributed by atoms with Crippen molar-refractivity contribution in [1.82, 2.24) is 20.9 Å². The summed E-state index contributed by atoms with van der Waals surface area (Å²) in [6, 6.07) is 5.80. The highest BCUT2D eigenvalue weighted by atomic mass is 19.1. The largest absolute Gasteiger partial charge is 0.444 e. The molecule has 3 N–H and O–H groups in total. The van der Waals surface area contributed by atoms with E-state index in [-0.39, 0.29) is 35.8 Å². The molecule has 0 aliphatic heterocycles. The van der Waals surface area contributed by atoms with Crippen LogP contribution in [0.4, 0.5) is 9.18 Å². The number of oxazole rings is 1. The van der Waals surface area contributed by atoms with Crippen LogP contribution in [0, 0.1) is 11.7 Å². The lowest BCUT2D eigenvalue weighted by atomic mass is 9.85. The maximum absolute atomic E-state index is 13.0.